The molecule has 6 heteroatoms. The number of para-hydroxylation sites is 2. The maximum Gasteiger partial charge on any atom is 0.143 e. The van der Waals surface area contributed by atoms with E-state index < -0.39 is 4.74 Å². The number of hydrogen-bond donors (Lipinski definition) is 0. The fourth-order valence-electron chi connectivity index (χ4n) is 1.73. The summed E-state index contributed by atoms with van der Waals surface area (Å²) < 4.78 is -2.57. The number of hydrogen-bond acceptors (Lipinski definition) is 2. The summed E-state index contributed by atoms with van der Waals surface area (Å²) >= 11 is 23.3. The van der Waals surface area contributed by atoms with Gasteiger partial charge in [0, 0.05) is 17.2 Å². The fraction of sp³-hybridized carbons (Fsp3) is 0. The fourth-order valence-corrected chi connectivity index (χ4v) is 4.06. The Kier molecular flexibility index (Phi) is 5.54. The predicted molar refractivity (Wildman–Crippen MR) is 95.0 cm³/mol. The van der Waals surface area contributed by atoms with E-state index in [4.69, 9.17) is 45.9 Å². The lowest BCUT2D eigenvalue weighted by Gasteiger charge is -2.24. The predicted octanol–water partition coefficient (Wildman–Crippen LogP) is 6.65. The van der Waals surface area contributed by atoms with Crippen molar-refractivity contribution < 1.29 is 0 Å². The normalized spacial score (nSPS) is 12.2. The molecule has 0 aliphatic carbocycles. The van der Waals surface area contributed by atoms with E-state index in [0.29, 0.717) is 5.16 Å². The van der Waals surface area contributed by atoms with Gasteiger partial charge in [-0.1, -0.05) is 82.3 Å². The third-order valence-electron chi connectivity index (χ3n) is 2.50. The quantitative estimate of drug-likeness (QED) is 0.442. The number of nitrogens with zero attached hydrogens (tertiary/aromatic N) is 1. The monoisotopic (exact) mass is 361 g/mol. The maximum absolute atomic E-state index is 6.38. The molecule has 0 unspecified atom stereocenters. The summed E-state index contributed by atoms with van der Waals surface area (Å²) in [5.74, 6) is 1.53. The van der Waals surface area contributed by atoms with Crippen LogP contribution in [0.1, 0.15) is 0 Å². The van der Waals surface area contributed by atoms with Crippen LogP contribution in [0.3, 0.4) is 0 Å². The smallest absolute Gasteiger partial charge is 0.143 e. The molecule has 0 heterocycles. The summed E-state index contributed by atoms with van der Waals surface area (Å²) in [7, 11) is 0. The van der Waals surface area contributed by atoms with Gasteiger partial charge >= 0.3 is 0 Å². The Morgan fingerprint density at radius 2 is 1.30 bits per heavy atom. The van der Waals surface area contributed by atoms with Crippen molar-refractivity contribution in [3.05, 3.63) is 71.6 Å². The number of rotatable bonds is 4. The second-order valence-electron chi connectivity index (χ2n) is 3.96. The largest absolute Gasteiger partial charge is 0.301 e. The lowest BCUT2D eigenvalue weighted by atomic mass is 10.2. The van der Waals surface area contributed by atoms with Crippen LogP contribution in [0.2, 0.25) is 0 Å². The molecule has 104 valence electrons. The van der Waals surface area contributed by atoms with Gasteiger partial charge in [-0.3, -0.25) is 0 Å². The molecule has 2 aromatic rings. The first-order chi connectivity index (χ1) is 9.47. The highest BCUT2D eigenvalue weighted by Gasteiger charge is 2.15. The second-order valence-corrected chi connectivity index (χ2v) is 12.3. The van der Waals surface area contributed by atoms with Crippen LogP contribution in [0.15, 0.2) is 71.6 Å². The molecule has 0 amide bonds. The highest BCUT2D eigenvalue weighted by molar-refractivity contribution is 8.40. The van der Waals surface area contributed by atoms with Crippen LogP contribution in [0.25, 0.3) is 0 Å². The van der Waals surface area contributed by atoms with Crippen molar-refractivity contribution in [3.8, 4) is 0 Å². The SMILES string of the molecule is S=P(Cl)(Cl)/C=C(/Cl)N(c1ccccc1)c1ccccc1. The summed E-state index contributed by atoms with van der Waals surface area (Å²) in [5, 5.41) is 0.399. The third-order valence-corrected chi connectivity index (χ3v) is 4.38. The zero-order valence-corrected chi connectivity index (χ0v) is 14.3. The Morgan fingerprint density at radius 1 is 0.900 bits per heavy atom. The van der Waals surface area contributed by atoms with E-state index in [-0.39, 0.29) is 0 Å². The minimum Gasteiger partial charge on any atom is -0.301 e. The average Bonchev–Trinajstić information content (AvgIpc) is 2.39. The van der Waals surface area contributed by atoms with E-state index in [1.165, 1.54) is 5.82 Å². The van der Waals surface area contributed by atoms with Crippen molar-refractivity contribution >= 4 is 62.0 Å². The lowest BCUT2D eigenvalue weighted by Crippen LogP contribution is -2.12. The lowest BCUT2D eigenvalue weighted by molar-refractivity contribution is 1.26. The minimum atomic E-state index is -2.57. The van der Waals surface area contributed by atoms with Gasteiger partial charge in [0.15, 0.2) is 0 Å². The molecule has 0 atom stereocenters. The Labute approximate surface area is 138 Å². The molecule has 2 rings (SSSR count). The van der Waals surface area contributed by atoms with Gasteiger partial charge in [0.1, 0.15) is 9.90 Å². The van der Waals surface area contributed by atoms with Crippen LogP contribution in [0, 0.1) is 0 Å². The van der Waals surface area contributed by atoms with Crippen molar-refractivity contribution in [3.63, 3.8) is 0 Å². The molecule has 0 spiro atoms. The van der Waals surface area contributed by atoms with Crippen LogP contribution < -0.4 is 4.90 Å². The van der Waals surface area contributed by atoms with Crippen molar-refractivity contribution in [2.75, 3.05) is 4.90 Å². The van der Waals surface area contributed by atoms with Crippen LogP contribution in [0.4, 0.5) is 11.4 Å². The second kappa shape index (κ2) is 6.98. The van der Waals surface area contributed by atoms with Gasteiger partial charge < -0.3 is 4.90 Å². The molecular weight excluding hydrogens is 352 g/mol. The summed E-state index contributed by atoms with van der Waals surface area (Å²) in [6.45, 7) is 0. The van der Waals surface area contributed by atoms with Gasteiger partial charge in [-0.15, -0.1) is 0 Å². The summed E-state index contributed by atoms with van der Waals surface area (Å²) in [6.07, 6.45) is 0. The van der Waals surface area contributed by atoms with Gasteiger partial charge in [-0.05, 0) is 24.3 Å². The van der Waals surface area contributed by atoms with Crippen LogP contribution >= 0.6 is 38.8 Å². The third kappa shape index (κ3) is 4.51. The molecule has 0 N–H and O–H groups in total. The Balaban J connectivity index is 2.51. The van der Waals surface area contributed by atoms with Gasteiger partial charge in [-0.25, -0.2) is 0 Å². The van der Waals surface area contributed by atoms with Gasteiger partial charge in [0.2, 0.25) is 0 Å². The zero-order valence-electron chi connectivity index (χ0n) is 10.3. The number of anilines is 2. The maximum atomic E-state index is 6.38. The van der Waals surface area contributed by atoms with E-state index in [1.807, 2.05) is 65.6 Å². The summed E-state index contributed by atoms with van der Waals surface area (Å²) in [6, 6.07) is 19.4. The van der Waals surface area contributed by atoms with E-state index >= 15 is 0 Å². The number of benzene rings is 2. The van der Waals surface area contributed by atoms with Crippen molar-refractivity contribution in [2.24, 2.45) is 0 Å². The van der Waals surface area contributed by atoms with Crippen molar-refractivity contribution in [1.29, 1.82) is 0 Å². The molecule has 0 saturated heterocycles. The molecule has 0 aliphatic rings. The highest BCUT2D eigenvalue weighted by Crippen LogP contribution is 2.60. The standard InChI is InChI=1S/C14H11Cl3NPS/c15-14(11-19(16,17)20)18(12-7-3-1-4-8-12)13-9-5-2-6-10-13/h1-11H/b14-11-. The Hall–Kier alpha value is -0.500. The van der Waals surface area contributed by atoms with Gasteiger partial charge in [0.25, 0.3) is 0 Å². The molecule has 2 aromatic carbocycles. The molecule has 0 aliphatic heterocycles. The first kappa shape index (κ1) is 15.9. The molecule has 20 heavy (non-hydrogen) atoms. The molecule has 0 bridgehead atoms. The average molecular weight is 363 g/mol. The Bertz CT molecular complexity index is 600. The van der Waals surface area contributed by atoms with Gasteiger partial charge in [-0.2, -0.15) is 0 Å². The van der Waals surface area contributed by atoms with Crippen LogP contribution in [-0.2, 0) is 11.8 Å². The first-order valence-electron chi connectivity index (χ1n) is 5.75. The van der Waals surface area contributed by atoms with Crippen LogP contribution in [0.5, 0.6) is 0 Å². The van der Waals surface area contributed by atoms with Gasteiger partial charge in [0.05, 0.1) is 0 Å². The number of halogens is 3. The molecule has 0 radical (unpaired) electrons. The van der Waals surface area contributed by atoms with Crippen LogP contribution in [-0.4, -0.2) is 0 Å². The van der Waals surface area contributed by atoms with Crippen molar-refractivity contribution in [1.82, 2.24) is 0 Å². The zero-order chi connectivity index (χ0) is 14.6. The minimum absolute atomic E-state index is 0.399. The van der Waals surface area contributed by atoms with E-state index in [9.17, 15) is 0 Å². The first-order valence-corrected chi connectivity index (χ1v) is 10.8. The molecule has 1 nitrogen and oxygen atoms in total. The molecule has 0 aromatic heterocycles. The van der Waals surface area contributed by atoms with Crippen molar-refractivity contribution in [2.45, 2.75) is 0 Å². The van der Waals surface area contributed by atoms with E-state index in [2.05, 4.69) is 0 Å². The summed E-state index contributed by atoms with van der Waals surface area (Å²) in [4.78, 5) is 1.85. The Morgan fingerprint density at radius 3 is 1.65 bits per heavy atom. The molecule has 0 saturated carbocycles. The molecular formula is C14H11Cl3NPS. The van der Waals surface area contributed by atoms with E-state index in [1.54, 1.807) is 0 Å². The molecule has 0 fully saturated rings. The van der Waals surface area contributed by atoms with E-state index in [0.717, 1.165) is 11.4 Å². The topological polar surface area (TPSA) is 3.24 Å². The summed E-state index contributed by atoms with van der Waals surface area (Å²) in [5.41, 5.74) is 1.83. The highest BCUT2D eigenvalue weighted by atomic mass is 35.9.